The lowest BCUT2D eigenvalue weighted by atomic mass is 10.2. The van der Waals surface area contributed by atoms with Gasteiger partial charge >= 0.3 is 0 Å². The number of rotatable bonds is 6. The summed E-state index contributed by atoms with van der Waals surface area (Å²) >= 11 is 0. The van der Waals surface area contributed by atoms with Crippen LogP contribution in [0, 0.1) is 17.6 Å². The van der Waals surface area contributed by atoms with E-state index in [9.17, 15) is 13.6 Å². The summed E-state index contributed by atoms with van der Waals surface area (Å²) in [5.41, 5.74) is 3.78. The van der Waals surface area contributed by atoms with Gasteiger partial charge in [0.15, 0.2) is 11.6 Å². The molecule has 1 aliphatic carbocycles. The van der Waals surface area contributed by atoms with E-state index in [0.29, 0.717) is 23.1 Å². The lowest BCUT2D eigenvalue weighted by molar-refractivity contribution is 0.0944. The number of para-hydroxylation sites is 1. The number of nitrogens with zero attached hydrogens (tertiary/aromatic N) is 4. The highest BCUT2D eigenvalue weighted by molar-refractivity contribution is 6.10. The zero-order valence-electron chi connectivity index (χ0n) is 18.2. The van der Waals surface area contributed by atoms with Gasteiger partial charge in [0.2, 0.25) is 5.95 Å². The first kappa shape index (κ1) is 20.5. The lowest BCUT2D eigenvalue weighted by Crippen LogP contribution is -2.25. The Bertz CT molecular complexity index is 1540. The van der Waals surface area contributed by atoms with Gasteiger partial charge in [0.05, 0.1) is 16.6 Å². The number of halogens is 2. The fraction of sp³-hybridized carbons (Fsp3) is 0.192. The number of benzene rings is 2. The molecule has 1 N–H and O–H groups in total. The number of fused-ring (bicyclic) bond motifs is 3. The number of hydrogen-bond acceptors (Lipinski definition) is 3. The van der Waals surface area contributed by atoms with E-state index in [1.807, 2.05) is 24.3 Å². The standard InChI is InChI=1S/C26H21F2N5O/c27-19-9-8-17(12-20(19)28)14-31-25(34)23-13-22-24(33(23)26-29-10-3-11-30-26)18-4-1-2-5-21(18)32(22)15-16-6-7-16/h1-5,8-13,16H,6-7,14-15H2,(H,31,34). The average Bonchev–Trinajstić information content (AvgIpc) is 3.52. The summed E-state index contributed by atoms with van der Waals surface area (Å²) < 4.78 is 30.9. The zero-order valence-corrected chi connectivity index (χ0v) is 18.2. The van der Waals surface area contributed by atoms with E-state index >= 15 is 0 Å². The highest BCUT2D eigenvalue weighted by Gasteiger charge is 2.27. The predicted molar refractivity (Wildman–Crippen MR) is 125 cm³/mol. The largest absolute Gasteiger partial charge is 0.347 e. The highest BCUT2D eigenvalue weighted by atomic mass is 19.2. The number of aromatic nitrogens is 4. The Morgan fingerprint density at radius 3 is 2.53 bits per heavy atom. The van der Waals surface area contributed by atoms with E-state index in [4.69, 9.17) is 0 Å². The molecule has 0 bridgehead atoms. The summed E-state index contributed by atoms with van der Waals surface area (Å²) in [5, 5.41) is 3.85. The zero-order chi connectivity index (χ0) is 23.2. The van der Waals surface area contributed by atoms with Crippen molar-refractivity contribution in [1.29, 1.82) is 0 Å². The van der Waals surface area contributed by atoms with Crippen molar-refractivity contribution >= 4 is 27.8 Å². The lowest BCUT2D eigenvalue weighted by Gasteiger charge is -2.10. The van der Waals surface area contributed by atoms with Crippen LogP contribution in [0.2, 0.25) is 0 Å². The molecule has 170 valence electrons. The molecule has 3 heterocycles. The van der Waals surface area contributed by atoms with E-state index in [1.165, 1.54) is 18.9 Å². The maximum absolute atomic E-state index is 13.6. The van der Waals surface area contributed by atoms with Crippen molar-refractivity contribution in [2.24, 2.45) is 5.92 Å². The van der Waals surface area contributed by atoms with Crippen molar-refractivity contribution in [2.75, 3.05) is 0 Å². The third-order valence-corrected chi connectivity index (χ3v) is 6.28. The minimum Gasteiger partial charge on any atom is -0.347 e. The van der Waals surface area contributed by atoms with Crippen LogP contribution < -0.4 is 5.32 Å². The Morgan fingerprint density at radius 2 is 1.76 bits per heavy atom. The van der Waals surface area contributed by atoms with Crippen molar-refractivity contribution in [2.45, 2.75) is 25.9 Å². The molecule has 1 aliphatic rings. The SMILES string of the molecule is O=C(NCc1ccc(F)c(F)c1)c1cc2c(c3ccccc3n2CC2CC2)n1-c1ncccn1. The molecule has 0 spiro atoms. The summed E-state index contributed by atoms with van der Waals surface area (Å²) in [4.78, 5) is 22.2. The predicted octanol–water partition coefficient (Wildman–Crippen LogP) is 4.99. The number of carbonyl (C=O) groups is 1. The van der Waals surface area contributed by atoms with Crippen LogP contribution in [-0.4, -0.2) is 25.0 Å². The molecule has 34 heavy (non-hydrogen) atoms. The topological polar surface area (TPSA) is 64.7 Å². The summed E-state index contributed by atoms with van der Waals surface area (Å²) in [6.45, 7) is 0.948. The molecule has 1 saturated carbocycles. The first-order valence-electron chi connectivity index (χ1n) is 11.2. The molecule has 6 nitrogen and oxygen atoms in total. The van der Waals surface area contributed by atoms with Gasteiger partial charge in [-0.25, -0.2) is 18.7 Å². The van der Waals surface area contributed by atoms with E-state index in [1.54, 1.807) is 23.0 Å². The minimum atomic E-state index is -0.945. The van der Waals surface area contributed by atoms with Crippen molar-refractivity contribution < 1.29 is 13.6 Å². The van der Waals surface area contributed by atoms with Gasteiger partial charge in [-0.1, -0.05) is 24.3 Å². The van der Waals surface area contributed by atoms with Gasteiger partial charge in [-0.05, 0) is 54.7 Å². The Morgan fingerprint density at radius 1 is 0.971 bits per heavy atom. The van der Waals surface area contributed by atoms with Gasteiger partial charge in [-0.2, -0.15) is 0 Å². The summed E-state index contributed by atoms with van der Waals surface area (Å²) in [6.07, 6.45) is 5.69. The van der Waals surface area contributed by atoms with Crippen LogP contribution in [0.1, 0.15) is 28.9 Å². The average molecular weight is 457 g/mol. The Labute approximate surface area is 193 Å². The van der Waals surface area contributed by atoms with Crippen molar-refractivity contribution in [3.05, 3.63) is 89.9 Å². The van der Waals surface area contributed by atoms with Crippen molar-refractivity contribution in [3.8, 4) is 5.95 Å². The maximum atomic E-state index is 13.6. The van der Waals surface area contributed by atoms with Crippen molar-refractivity contribution in [3.63, 3.8) is 0 Å². The molecule has 8 heteroatoms. The van der Waals surface area contributed by atoms with Crippen molar-refractivity contribution in [1.82, 2.24) is 24.4 Å². The third-order valence-electron chi connectivity index (χ3n) is 6.28. The quantitative estimate of drug-likeness (QED) is 0.391. The van der Waals surface area contributed by atoms with Crippen LogP contribution in [0.15, 0.2) is 67.0 Å². The van der Waals surface area contributed by atoms with E-state index < -0.39 is 11.6 Å². The third kappa shape index (κ3) is 3.51. The van der Waals surface area contributed by atoms with E-state index in [2.05, 4.69) is 25.9 Å². The molecule has 0 unspecified atom stereocenters. The minimum absolute atomic E-state index is 0.0594. The monoisotopic (exact) mass is 457 g/mol. The van der Waals surface area contributed by atoms with Crippen LogP contribution in [0.3, 0.4) is 0 Å². The molecule has 0 aliphatic heterocycles. The van der Waals surface area contributed by atoms with Gasteiger partial charge in [-0.3, -0.25) is 9.36 Å². The summed E-state index contributed by atoms with van der Waals surface area (Å²) in [6, 6.07) is 15.3. The molecular formula is C26H21F2N5O. The van der Waals surface area contributed by atoms with Gasteiger partial charge in [0.25, 0.3) is 5.91 Å². The fourth-order valence-electron chi connectivity index (χ4n) is 4.46. The summed E-state index contributed by atoms with van der Waals surface area (Å²) in [5.74, 6) is -1.18. The number of amides is 1. The van der Waals surface area contributed by atoms with Crippen LogP contribution >= 0.6 is 0 Å². The fourth-order valence-corrected chi connectivity index (χ4v) is 4.46. The molecule has 0 atom stereocenters. The van der Waals surface area contributed by atoms with Crippen LogP contribution in [0.25, 0.3) is 27.9 Å². The molecule has 2 aromatic carbocycles. The number of hydrogen-bond donors (Lipinski definition) is 1. The Hall–Kier alpha value is -4.07. The van der Waals surface area contributed by atoms with Gasteiger partial charge < -0.3 is 9.88 Å². The van der Waals surface area contributed by atoms with E-state index in [0.717, 1.165) is 40.6 Å². The number of carbonyl (C=O) groups excluding carboxylic acids is 1. The molecule has 0 radical (unpaired) electrons. The second-order valence-corrected chi connectivity index (χ2v) is 8.65. The first-order chi connectivity index (χ1) is 16.6. The molecule has 0 saturated heterocycles. The second-order valence-electron chi connectivity index (χ2n) is 8.65. The molecule has 6 rings (SSSR count). The normalized spacial score (nSPS) is 13.6. The van der Waals surface area contributed by atoms with Crippen LogP contribution in [-0.2, 0) is 13.1 Å². The Kier molecular flexibility index (Phi) is 4.86. The van der Waals surface area contributed by atoms with Crippen LogP contribution in [0.5, 0.6) is 0 Å². The van der Waals surface area contributed by atoms with Crippen LogP contribution in [0.4, 0.5) is 8.78 Å². The van der Waals surface area contributed by atoms with E-state index in [-0.39, 0.29) is 12.5 Å². The molecule has 1 fully saturated rings. The van der Waals surface area contributed by atoms with Gasteiger partial charge in [0.1, 0.15) is 5.69 Å². The highest BCUT2D eigenvalue weighted by Crippen LogP contribution is 2.37. The Balaban J connectivity index is 1.48. The van der Waals surface area contributed by atoms with Gasteiger partial charge in [-0.15, -0.1) is 0 Å². The molecule has 3 aromatic heterocycles. The smallest absolute Gasteiger partial charge is 0.268 e. The first-order valence-corrected chi connectivity index (χ1v) is 11.2. The molecule has 5 aromatic rings. The maximum Gasteiger partial charge on any atom is 0.268 e. The molecular weight excluding hydrogens is 436 g/mol. The number of nitrogens with one attached hydrogen (secondary N) is 1. The molecule has 1 amide bonds. The van der Waals surface area contributed by atoms with Gasteiger partial charge in [0, 0.05) is 30.9 Å². The second kappa shape index (κ2) is 8.06. The summed E-state index contributed by atoms with van der Waals surface area (Å²) in [7, 11) is 0.